The molecule has 0 heterocycles. The van der Waals surface area contributed by atoms with Crippen LogP contribution in [0.4, 0.5) is 5.69 Å². The van der Waals surface area contributed by atoms with Crippen LogP contribution >= 0.6 is 0 Å². The van der Waals surface area contributed by atoms with E-state index in [0.29, 0.717) is 0 Å². The van der Waals surface area contributed by atoms with Gasteiger partial charge in [-0.2, -0.15) is 0 Å². The number of benzene rings is 1. The van der Waals surface area contributed by atoms with Crippen LogP contribution in [-0.2, 0) is 9.53 Å². The van der Waals surface area contributed by atoms with Crippen molar-refractivity contribution in [1.82, 2.24) is 5.32 Å². The number of amides is 1. The van der Waals surface area contributed by atoms with Gasteiger partial charge in [0.1, 0.15) is 0 Å². The van der Waals surface area contributed by atoms with Gasteiger partial charge in [0, 0.05) is 18.2 Å². The molecule has 1 aliphatic rings. The highest BCUT2D eigenvalue weighted by Crippen LogP contribution is 2.17. The van der Waals surface area contributed by atoms with Crippen LogP contribution in [0.15, 0.2) is 24.3 Å². The molecular weight excluding hydrogens is 300 g/mol. The molecule has 7 nitrogen and oxygen atoms in total. The number of ether oxygens (including phenoxy) is 1. The Hall–Kier alpha value is -2.44. The van der Waals surface area contributed by atoms with Crippen molar-refractivity contribution in [3.63, 3.8) is 0 Å². The predicted molar refractivity (Wildman–Crippen MR) is 83.0 cm³/mol. The Bertz CT molecular complexity index is 580. The van der Waals surface area contributed by atoms with E-state index in [1.807, 2.05) is 0 Å². The van der Waals surface area contributed by atoms with Crippen LogP contribution in [0.3, 0.4) is 0 Å². The van der Waals surface area contributed by atoms with Gasteiger partial charge in [0.25, 0.3) is 11.6 Å². The maximum Gasteiger partial charge on any atom is 0.338 e. The smallest absolute Gasteiger partial charge is 0.338 e. The molecule has 1 fully saturated rings. The Labute approximate surface area is 134 Å². The SMILES string of the molecule is O=C(COC(=O)c1cccc([N+](=O)[O-])c1)NC1CCCCCC1. The Kier molecular flexibility index (Phi) is 6.08. The minimum atomic E-state index is -0.746. The summed E-state index contributed by atoms with van der Waals surface area (Å²) in [5.74, 6) is -1.08. The number of nitrogens with one attached hydrogen (secondary N) is 1. The van der Waals surface area contributed by atoms with Crippen molar-refractivity contribution in [2.24, 2.45) is 0 Å². The van der Waals surface area contributed by atoms with Crippen LogP contribution in [0.1, 0.15) is 48.9 Å². The van der Waals surface area contributed by atoms with Gasteiger partial charge in [0.15, 0.2) is 6.61 Å². The topological polar surface area (TPSA) is 98.5 Å². The molecule has 0 saturated heterocycles. The van der Waals surface area contributed by atoms with Gasteiger partial charge in [-0.25, -0.2) is 4.79 Å². The van der Waals surface area contributed by atoms with Gasteiger partial charge in [-0.15, -0.1) is 0 Å². The fraction of sp³-hybridized carbons (Fsp3) is 0.500. The molecule has 0 unspecified atom stereocenters. The molecule has 7 heteroatoms. The molecule has 1 aromatic rings. The summed E-state index contributed by atoms with van der Waals surface area (Å²) in [6.45, 7) is -0.377. The number of hydrogen-bond acceptors (Lipinski definition) is 5. The fourth-order valence-electron chi connectivity index (χ4n) is 2.65. The minimum Gasteiger partial charge on any atom is -0.452 e. The molecule has 0 radical (unpaired) electrons. The van der Waals surface area contributed by atoms with Crippen molar-refractivity contribution in [1.29, 1.82) is 0 Å². The van der Waals surface area contributed by atoms with Crippen molar-refractivity contribution in [3.05, 3.63) is 39.9 Å². The molecule has 0 atom stereocenters. The van der Waals surface area contributed by atoms with E-state index in [4.69, 9.17) is 4.74 Å². The average Bonchev–Trinajstić information content (AvgIpc) is 2.81. The molecule has 1 amide bonds. The maximum absolute atomic E-state index is 11.8. The molecule has 1 saturated carbocycles. The molecule has 1 aliphatic carbocycles. The lowest BCUT2D eigenvalue weighted by Gasteiger charge is -2.16. The summed E-state index contributed by atoms with van der Waals surface area (Å²) in [6, 6.07) is 5.38. The fourth-order valence-corrected chi connectivity index (χ4v) is 2.65. The largest absolute Gasteiger partial charge is 0.452 e. The van der Waals surface area contributed by atoms with E-state index in [1.165, 1.54) is 31.0 Å². The Morgan fingerprint density at radius 1 is 1.22 bits per heavy atom. The molecule has 2 rings (SSSR count). The Balaban J connectivity index is 1.82. The van der Waals surface area contributed by atoms with Gasteiger partial charge in [-0.05, 0) is 18.9 Å². The number of rotatable bonds is 5. The van der Waals surface area contributed by atoms with E-state index in [-0.39, 0.29) is 29.8 Å². The lowest BCUT2D eigenvalue weighted by Crippen LogP contribution is -2.37. The number of carbonyl (C=O) groups excluding carboxylic acids is 2. The Morgan fingerprint density at radius 3 is 2.57 bits per heavy atom. The zero-order valence-electron chi connectivity index (χ0n) is 12.8. The second-order valence-corrected chi connectivity index (χ2v) is 5.64. The molecule has 1 N–H and O–H groups in total. The molecule has 0 aliphatic heterocycles. The van der Waals surface area contributed by atoms with Crippen molar-refractivity contribution >= 4 is 17.6 Å². The quantitative estimate of drug-likeness (QED) is 0.389. The molecule has 0 aromatic heterocycles. The van der Waals surface area contributed by atoms with E-state index in [2.05, 4.69) is 5.32 Å². The number of nitro benzene ring substituents is 1. The summed E-state index contributed by atoms with van der Waals surface area (Å²) < 4.78 is 4.92. The number of hydrogen-bond donors (Lipinski definition) is 1. The van der Waals surface area contributed by atoms with Crippen LogP contribution in [-0.4, -0.2) is 29.4 Å². The van der Waals surface area contributed by atoms with Crippen LogP contribution in [0.5, 0.6) is 0 Å². The molecule has 0 spiro atoms. The molecular formula is C16H20N2O5. The third kappa shape index (κ3) is 5.36. The van der Waals surface area contributed by atoms with Crippen LogP contribution in [0, 0.1) is 10.1 Å². The van der Waals surface area contributed by atoms with E-state index in [0.717, 1.165) is 31.7 Å². The van der Waals surface area contributed by atoms with Gasteiger partial charge in [0.05, 0.1) is 10.5 Å². The molecule has 124 valence electrons. The first-order valence-corrected chi connectivity index (χ1v) is 7.77. The third-order valence-electron chi connectivity index (χ3n) is 3.85. The lowest BCUT2D eigenvalue weighted by atomic mass is 10.1. The van der Waals surface area contributed by atoms with Crippen molar-refractivity contribution in [3.8, 4) is 0 Å². The number of non-ortho nitro benzene ring substituents is 1. The highest BCUT2D eigenvalue weighted by molar-refractivity contribution is 5.91. The Morgan fingerprint density at radius 2 is 1.91 bits per heavy atom. The minimum absolute atomic E-state index is 0.0569. The summed E-state index contributed by atoms with van der Waals surface area (Å²) in [6.07, 6.45) is 6.47. The maximum atomic E-state index is 11.8. The van der Waals surface area contributed by atoms with Crippen LogP contribution in [0.2, 0.25) is 0 Å². The van der Waals surface area contributed by atoms with E-state index in [9.17, 15) is 19.7 Å². The van der Waals surface area contributed by atoms with Gasteiger partial charge in [0.2, 0.25) is 0 Å². The molecule has 1 aromatic carbocycles. The summed E-state index contributed by atoms with van der Waals surface area (Å²) in [4.78, 5) is 33.8. The zero-order valence-corrected chi connectivity index (χ0v) is 12.8. The summed E-state index contributed by atoms with van der Waals surface area (Å²) in [7, 11) is 0. The van der Waals surface area contributed by atoms with Gasteiger partial charge < -0.3 is 10.1 Å². The average molecular weight is 320 g/mol. The first kappa shape index (κ1) is 16.9. The molecule has 23 heavy (non-hydrogen) atoms. The third-order valence-corrected chi connectivity index (χ3v) is 3.85. The van der Waals surface area contributed by atoms with E-state index in [1.54, 1.807) is 0 Å². The van der Waals surface area contributed by atoms with E-state index >= 15 is 0 Å². The van der Waals surface area contributed by atoms with Gasteiger partial charge in [-0.1, -0.05) is 31.7 Å². The van der Waals surface area contributed by atoms with Gasteiger partial charge >= 0.3 is 5.97 Å². The summed E-state index contributed by atoms with van der Waals surface area (Å²) >= 11 is 0. The monoisotopic (exact) mass is 320 g/mol. The summed E-state index contributed by atoms with van der Waals surface area (Å²) in [5.41, 5.74) is -0.135. The first-order chi connectivity index (χ1) is 11.1. The van der Waals surface area contributed by atoms with Crippen LogP contribution < -0.4 is 5.32 Å². The first-order valence-electron chi connectivity index (χ1n) is 7.77. The highest BCUT2D eigenvalue weighted by Gasteiger charge is 2.17. The van der Waals surface area contributed by atoms with Crippen LogP contribution in [0.25, 0.3) is 0 Å². The number of nitrogens with zero attached hydrogens (tertiary/aromatic N) is 1. The van der Waals surface area contributed by atoms with Gasteiger partial charge in [-0.3, -0.25) is 14.9 Å². The lowest BCUT2D eigenvalue weighted by molar-refractivity contribution is -0.384. The second-order valence-electron chi connectivity index (χ2n) is 5.64. The summed E-state index contributed by atoms with van der Waals surface area (Å²) in [5, 5.41) is 13.6. The zero-order chi connectivity index (χ0) is 16.7. The highest BCUT2D eigenvalue weighted by atomic mass is 16.6. The predicted octanol–water partition coefficient (Wildman–Crippen LogP) is 2.59. The normalized spacial score (nSPS) is 15.5. The van der Waals surface area contributed by atoms with Crippen molar-refractivity contribution in [2.45, 2.75) is 44.6 Å². The number of carbonyl (C=O) groups is 2. The van der Waals surface area contributed by atoms with Crippen molar-refractivity contribution < 1.29 is 19.2 Å². The molecule has 0 bridgehead atoms. The second kappa shape index (κ2) is 8.26. The number of esters is 1. The van der Waals surface area contributed by atoms with E-state index < -0.39 is 10.9 Å². The number of nitro groups is 1. The standard InChI is InChI=1S/C16H20N2O5/c19-15(17-13-7-3-1-2-4-8-13)11-23-16(20)12-6-5-9-14(10-12)18(21)22/h5-6,9-10,13H,1-4,7-8,11H2,(H,17,19). The van der Waals surface area contributed by atoms with Crippen molar-refractivity contribution in [2.75, 3.05) is 6.61 Å².